The van der Waals surface area contributed by atoms with Crippen LogP contribution in [0.3, 0.4) is 0 Å². The normalized spacial score (nSPS) is 11.0. The van der Waals surface area contributed by atoms with E-state index in [1.807, 2.05) is 24.3 Å². The molecule has 110 valence electrons. The predicted octanol–water partition coefficient (Wildman–Crippen LogP) is 1.39. The largest absolute Gasteiger partial charge is 0.329 e. The van der Waals surface area contributed by atoms with Crippen molar-refractivity contribution in [3.63, 3.8) is 0 Å². The average molecular weight is 307 g/mol. The van der Waals surface area contributed by atoms with Crippen LogP contribution in [-0.2, 0) is 13.5 Å². The van der Waals surface area contributed by atoms with Crippen LogP contribution >= 0.6 is 11.6 Å². The lowest BCUT2D eigenvalue weighted by molar-refractivity contribution is 0.766. The molecule has 21 heavy (non-hydrogen) atoms. The molecule has 0 radical (unpaired) electrons. The number of benzene rings is 1. The number of H-pyrrole nitrogens is 1. The molecule has 6 nitrogen and oxygen atoms in total. The molecule has 0 unspecified atom stereocenters. The molecule has 0 aliphatic heterocycles. The highest BCUT2D eigenvalue weighted by Gasteiger charge is 2.03. The molecule has 2 rings (SSSR count). The minimum Gasteiger partial charge on any atom is -0.292 e. The maximum absolute atomic E-state index is 11.5. The van der Waals surface area contributed by atoms with E-state index in [1.165, 1.54) is 18.1 Å². The monoisotopic (exact) mass is 306 g/mol. The van der Waals surface area contributed by atoms with Crippen molar-refractivity contribution in [2.75, 3.05) is 12.1 Å². The summed E-state index contributed by atoms with van der Waals surface area (Å²) in [6.07, 6.45) is 2.32. The van der Waals surface area contributed by atoms with Crippen LogP contribution in [0.2, 0.25) is 5.02 Å². The van der Waals surface area contributed by atoms with Gasteiger partial charge in [-0.1, -0.05) is 23.7 Å². The van der Waals surface area contributed by atoms with Gasteiger partial charge in [0.2, 0.25) is 0 Å². The fourth-order valence-corrected chi connectivity index (χ4v) is 1.80. The maximum Gasteiger partial charge on any atom is 0.329 e. The summed E-state index contributed by atoms with van der Waals surface area (Å²) in [6.45, 7) is 0. The van der Waals surface area contributed by atoms with Gasteiger partial charge in [0.25, 0.3) is 5.56 Å². The van der Waals surface area contributed by atoms with E-state index in [9.17, 15) is 9.59 Å². The number of rotatable bonds is 4. The molecule has 0 aliphatic carbocycles. The molecule has 0 atom stereocenters. The molecule has 2 aromatic rings. The van der Waals surface area contributed by atoms with Crippen molar-refractivity contribution in [2.24, 2.45) is 12.1 Å². The zero-order valence-electron chi connectivity index (χ0n) is 11.7. The lowest BCUT2D eigenvalue weighted by Crippen LogP contribution is -2.33. The molecule has 1 aromatic carbocycles. The summed E-state index contributed by atoms with van der Waals surface area (Å²) in [4.78, 5) is 25.6. The number of aromatic amines is 1. The van der Waals surface area contributed by atoms with Gasteiger partial charge in [-0.05, 0) is 17.7 Å². The Hall–Kier alpha value is -2.34. The van der Waals surface area contributed by atoms with Gasteiger partial charge in [-0.15, -0.1) is 0 Å². The average Bonchev–Trinajstić information content (AvgIpc) is 2.46. The Kier molecular flexibility index (Phi) is 4.59. The van der Waals surface area contributed by atoms with Gasteiger partial charge < -0.3 is 0 Å². The van der Waals surface area contributed by atoms with E-state index in [0.717, 1.165) is 10.1 Å². The fourth-order valence-electron chi connectivity index (χ4n) is 1.67. The third-order valence-corrected chi connectivity index (χ3v) is 3.23. The van der Waals surface area contributed by atoms with Gasteiger partial charge in [0.05, 0.1) is 0 Å². The molecule has 1 heterocycles. The van der Waals surface area contributed by atoms with Crippen molar-refractivity contribution >= 4 is 23.6 Å². The molecular weight excluding hydrogens is 292 g/mol. The number of halogens is 1. The smallest absolute Gasteiger partial charge is 0.292 e. The van der Waals surface area contributed by atoms with Crippen LogP contribution in [0.5, 0.6) is 0 Å². The first-order valence-electron chi connectivity index (χ1n) is 6.28. The predicted molar refractivity (Wildman–Crippen MR) is 84.4 cm³/mol. The summed E-state index contributed by atoms with van der Waals surface area (Å²) in [5.74, 6) is 0.343. The number of hydrazone groups is 1. The number of hydrogen-bond acceptors (Lipinski definition) is 4. The molecule has 0 spiro atoms. The Morgan fingerprint density at radius 2 is 2.00 bits per heavy atom. The summed E-state index contributed by atoms with van der Waals surface area (Å²) in [5, 5.41) is 6.31. The molecule has 0 saturated carbocycles. The first kappa shape index (κ1) is 15.1. The standard InChI is InChI=1S/C14H15ClN4O2/c1-18-13(20)9-12(17-14(18)21)19(2)16-8-7-10-3-5-11(15)6-4-10/h3-6,8-9H,7H2,1-2H3,(H,17,21). The molecule has 7 heteroatoms. The van der Waals surface area contributed by atoms with Crippen LogP contribution in [-0.4, -0.2) is 22.8 Å². The van der Waals surface area contributed by atoms with Crippen LogP contribution in [0, 0.1) is 0 Å². The highest BCUT2D eigenvalue weighted by molar-refractivity contribution is 6.30. The zero-order valence-corrected chi connectivity index (χ0v) is 12.5. The first-order chi connectivity index (χ1) is 9.97. The summed E-state index contributed by atoms with van der Waals surface area (Å²) < 4.78 is 0.995. The summed E-state index contributed by atoms with van der Waals surface area (Å²) in [5.41, 5.74) is 0.208. The summed E-state index contributed by atoms with van der Waals surface area (Å²) in [6, 6.07) is 8.77. The lowest BCUT2D eigenvalue weighted by Gasteiger charge is -2.12. The second kappa shape index (κ2) is 6.41. The molecule has 1 aromatic heterocycles. The van der Waals surface area contributed by atoms with Crippen LogP contribution in [0.15, 0.2) is 45.0 Å². The van der Waals surface area contributed by atoms with Gasteiger partial charge in [0.15, 0.2) is 0 Å². The third kappa shape index (κ3) is 3.82. The Morgan fingerprint density at radius 1 is 1.33 bits per heavy atom. The number of aromatic nitrogens is 2. The van der Waals surface area contributed by atoms with Crippen molar-refractivity contribution in [2.45, 2.75) is 6.42 Å². The Labute approximate surface area is 126 Å². The highest BCUT2D eigenvalue weighted by Crippen LogP contribution is 2.09. The van der Waals surface area contributed by atoms with Crippen molar-refractivity contribution in [3.8, 4) is 0 Å². The van der Waals surface area contributed by atoms with Crippen molar-refractivity contribution in [3.05, 3.63) is 61.8 Å². The van der Waals surface area contributed by atoms with E-state index < -0.39 is 5.69 Å². The zero-order chi connectivity index (χ0) is 15.4. The van der Waals surface area contributed by atoms with Crippen molar-refractivity contribution < 1.29 is 0 Å². The molecule has 0 bridgehead atoms. The molecule has 1 N–H and O–H groups in total. The third-order valence-electron chi connectivity index (χ3n) is 2.97. The molecule has 0 saturated heterocycles. The highest BCUT2D eigenvalue weighted by atomic mass is 35.5. The lowest BCUT2D eigenvalue weighted by atomic mass is 10.2. The van der Waals surface area contributed by atoms with E-state index in [2.05, 4.69) is 10.1 Å². The van der Waals surface area contributed by atoms with Crippen LogP contribution in [0.1, 0.15) is 5.56 Å². The van der Waals surface area contributed by atoms with Gasteiger partial charge in [-0.3, -0.25) is 19.4 Å². The fraction of sp³-hybridized carbons (Fsp3) is 0.214. The van der Waals surface area contributed by atoms with Crippen LogP contribution < -0.4 is 16.3 Å². The summed E-state index contributed by atoms with van der Waals surface area (Å²) >= 11 is 5.81. The van der Waals surface area contributed by atoms with Gasteiger partial charge in [0.1, 0.15) is 5.82 Å². The number of nitrogens with zero attached hydrogens (tertiary/aromatic N) is 3. The number of hydrogen-bond donors (Lipinski definition) is 1. The van der Waals surface area contributed by atoms with Crippen molar-refractivity contribution in [1.82, 2.24) is 9.55 Å². The SMILES string of the molecule is CN(N=CCc1ccc(Cl)cc1)c1cc(=O)n(C)c(=O)[nH]1. The topological polar surface area (TPSA) is 70.5 Å². The molecule has 0 fully saturated rings. The van der Waals surface area contributed by atoms with E-state index in [4.69, 9.17) is 11.6 Å². The van der Waals surface area contributed by atoms with Crippen LogP contribution in [0.4, 0.5) is 5.82 Å². The number of anilines is 1. The van der Waals surface area contributed by atoms with Crippen LogP contribution in [0.25, 0.3) is 0 Å². The first-order valence-corrected chi connectivity index (χ1v) is 6.66. The van der Waals surface area contributed by atoms with Gasteiger partial charge in [-0.25, -0.2) is 4.79 Å². The quantitative estimate of drug-likeness (QED) is 0.685. The van der Waals surface area contributed by atoms with E-state index >= 15 is 0 Å². The van der Waals surface area contributed by atoms with Gasteiger partial charge in [0, 0.05) is 37.8 Å². The summed E-state index contributed by atoms with van der Waals surface area (Å²) in [7, 11) is 3.07. The Morgan fingerprint density at radius 3 is 2.62 bits per heavy atom. The molecule has 0 amide bonds. The van der Waals surface area contributed by atoms with E-state index in [-0.39, 0.29) is 5.56 Å². The van der Waals surface area contributed by atoms with Gasteiger partial charge >= 0.3 is 5.69 Å². The maximum atomic E-state index is 11.5. The van der Waals surface area contributed by atoms with E-state index in [1.54, 1.807) is 13.3 Å². The van der Waals surface area contributed by atoms with Crippen molar-refractivity contribution in [1.29, 1.82) is 0 Å². The van der Waals surface area contributed by atoms with E-state index in [0.29, 0.717) is 17.3 Å². The number of nitrogens with one attached hydrogen (secondary N) is 1. The molecule has 0 aliphatic rings. The van der Waals surface area contributed by atoms with Gasteiger partial charge in [-0.2, -0.15) is 5.10 Å². The Bertz CT molecular complexity index is 731. The minimum absolute atomic E-state index is 0.343. The Balaban J connectivity index is 2.09. The second-order valence-electron chi connectivity index (χ2n) is 4.51. The minimum atomic E-state index is -0.475. The molecular formula is C14H15ClN4O2. The second-order valence-corrected chi connectivity index (χ2v) is 4.95.